The van der Waals surface area contributed by atoms with E-state index in [1.165, 1.54) is 44.4 Å². The quantitative estimate of drug-likeness (QED) is 0.304. The fourth-order valence-corrected chi connectivity index (χ4v) is 7.67. The molecule has 0 spiro atoms. The first-order valence-corrected chi connectivity index (χ1v) is 14.2. The number of rotatable bonds is 4. The van der Waals surface area contributed by atoms with Gasteiger partial charge < -0.3 is 5.32 Å². The number of allylic oxidation sites excluding steroid dienone is 4. The molecule has 1 aromatic heterocycles. The normalized spacial score (nSPS) is 23.7. The number of aromatic nitrogens is 1. The number of anilines is 1. The molecular weight excluding hydrogens is 472 g/mol. The average Bonchev–Trinajstić information content (AvgIpc) is 3.40. The highest BCUT2D eigenvalue weighted by Crippen LogP contribution is 2.62. The SMILES string of the molecule is CCc1ccc2c(-c3csc(NC(=O)C4(C)CC5C6=C(C=CCC6)C4c4ccccc45)n3)cccc2c1. The molecule has 4 aliphatic rings. The van der Waals surface area contributed by atoms with Gasteiger partial charge in [-0.3, -0.25) is 4.79 Å². The van der Waals surface area contributed by atoms with E-state index >= 15 is 0 Å². The number of amides is 1. The summed E-state index contributed by atoms with van der Waals surface area (Å²) in [4.78, 5) is 18.9. The molecule has 0 radical (unpaired) electrons. The lowest BCUT2D eigenvalue weighted by Gasteiger charge is -2.52. The van der Waals surface area contributed by atoms with Crippen LogP contribution in [-0.2, 0) is 11.2 Å². The minimum absolute atomic E-state index is 0.0777. The summed E-state index contributed by atoms with van der Waals surface area (Å²) in [6.45, 7) is 4.34. The number of thiazole rings is 1. The van der Waals surface area contributed by atoms with Crippen molar-refractivity contribution in [3.63, 3.8) is 0 Å². The Morgan fingerprint density at radius 2 is 1.97 bits per heavy atom. The van der Waals surface area contributed by atoms with E-state index in [1.807, 2.05) is 0 Å². The van der Waals surface area contributed by atoms with E-state index in [2.05, 4.69) is 97.4 Å². The molecule has 37 heavy (non-hydrogen) atoms. The second-order valence-electron chi connectivity index (χ2n) is 10.9. The molecule has 184 valence electrons. The molecule has 3 nitrogen and oxygen atoms in total. The topological polar surface area (TPSA) is 42.0 Å². The molecule has 0 saturated heterocycles. The minimum Gasteiger partial charge on any atom is -0.301 e. The first-order valence-electron chi connectivity index (χ1n) is 13.3. The van der Waals surface area contributed by atoms with Crippen LogP contribution in [0.25, 0.3) is 22.0 Å². The fraction of sp³-hybridized carbons (Fsp3) is 0.273. The van der Waals surface area contributed by atoms with E-state index in [4.69, 9.17) is 4.98 Å². The Morgan fingerprint density at radius 1 is 1.11 bits per heavy atom. The van der Waals surface area contributed by atoms with Crippen molar-refractivity contribution in [2.45, 2.75) is 51.4 Å². The molecule has 8 rings (SSSR count). The number of hydrogen-bond acceptors (Lipinski definition) is 3. The number of fused-ring (bicyclic) bond motifs is 2. The molecule has 4 aromatic rings. The summed E-state index contributed by atoms with van der Waals surface area (Å²) >= 11 is 1.51. The third-order valence-corrected chi connectivity index (χ3v) is 9.56. The third kappa shape index (κ3) is 3.46. The zero-order valence-electron chi connectivity index (χ0n) is 21.3. The van der Waals surface area contributed by atoms with Crippen molar-refractivity contribution in [3.8, 4) is 11.3 Å². The maximum atomic E-state index is 14.0. The van der Waals surface area contributed by atoms with Crippen molar-refractivity contribution in [3.05, 3.63) is 106 Å². The standard InChI is InChI=1S/C33H30N2OS/c1-3-20-15-16-22-21(17-20)9-8-14-25(22)29-19-37-32(34-29)35-31(36)33(2)18-28-23-10-4-6-12-26(23)30(33)27-13-7-5-11-24(27)28/h4,6-10,12-17,19,28,30H,3,5,11,18H2,1-2H3,(H,34,35,36). The van der Waals surface area contributed by atoms with Gasteiger partial charge in [0.1, 0.15) is 0 Å². The number of benzene rings is 3. The summed E-state index contributed by atoms with van der Waals surface area (Å²) in [5.74, 6) is 0.492. The molecule has 0 saturated carbocycles. The lowest BCUT2D eigenvalue weighted by molar-refractivity contribution is -0.126. The van der Waals surface area contributed by atoms with Crippen molar-refractivity contribution in [2.24, 2.45) is 5.41 Å². The van der Waals surface area contributed by atoms with Crippen LogP contribution in [0.3, 0.4) is 0 Å². The van der Waals surface area contributed by atoms with Crippen molar-refractivity contribution < 1.29 is 4.79 Å². The van der Waals surface area contributed by atoms with Crippen LogP contribution in [0.2, 0.25) is 0 Å². The molecule has 3 aromatic carbocycles. The average molecular weight is 503 g/mol. The predicted molar refractivity (Wildman–Crippen MR) is 153 cm³/mol. The van der Waals surface area contributed by atoms with Crippen LogP contribution < -0.4 is 5.32 Å². The molecule has 0 fully saturated rings. The van der Waals surface area contributed by atoms with Crippen LogP contribution in [0.1, 0.15) is 61.6 Å². The van der Waals surface area contributed by atoms with Gasteiger partial charge in [-0.1, -0.05) is 85.3 Å². The van der Waals surface area contributed by atoms with E-state index < -0.39 is 5.41 Å². The lowest BCUT2D eigenvalue weighted by Crippen LogP contribution is -2.47. The Labute approximate surface area is 222 Å². The maximum Gasteiger partial charge on any atom is 0.233 e. The van der Waals surface area contributed by atoms with E-state index in [-0.39, 0.29) is 11.8 Å². The van der Waals surface area contributed by atoms with Crippen molar-refractivity contribution in [1.82, 2.24) is 4.98 Å². The Balaban J connectivity index is 1.21. The molecule has 0 aliphatic heterocycles. The predicted octanol–water partition coefficient (Wildman–Crippen LogP) is 8.40. The van der Waals surface area contributed by atoms with Crippen LogP contribution in [-0.4, -0.2) is 10.9 Å². The Morgan fingerprint density at radius 3 is 2.84 bits per heavy atom. The highest BCUT2D eigenvalue weighted by Gasteiger charge is 2.54. The molecular formula is C33H30N2OS. The summed E-state index contributed by atoms with van der Waals surface area (Å²) in [5, 5.41) is 8.40. The summed E-state index contributed by atoms with van der Waals surface area (Å²) in [7, 11) is 0. The molecule has 3 unspecified atom stereocenters. The zero-order chi connectivity index (χ0) is 25.1. The van der Waals surface area contributed by atoms with Gasteiger partial charge in [-0.15, -0.1) is 11.3 Å². The van der Waals surface area contributed by atoms with Crippen LogP contribution in [0.15, 0.2) is 89.3 Å². The number of carbonyl (C=O) groups is 1. The minimum atomic E-state index is -0.513. The van der Waals surface area contributed by atoms with E-state index in [9.17, 15) is 4.79 Å². The number of hydrogen-bond donors (Lipinski definition) is 1. The second kappa shape index (κ2) is 8.53. The number of aryl methyl sites for hydroxylation is 1. The largest absolute Gasteiger partial charge is 0.301 e. The lowest BCUT2D eigenvalue weighted by atomic mass is 9.51. The first-order chi connectivity index (χ1) is 18.1. The molecule has 1 amide bonds. The molecule has 3 atom stereocenters. The van der Waals surface area contributed by atoms with E-state index in [1.54, 1.807) is 5.57 Å². The monoisotopic (exact) mass is 502 g/mol. The van der Waals surface area contributed by atoms with Gasteiger partial charge in [0, 0.05) is 22.8 Å². The number of carbonyl (C=O) groups excluding carboxylic acids is 1. The second-order valence-corrected chi connectivity index (χ2v) is 11.7. The van der Waals surface area contributed by atoms with Crippen molar-refractivity contribution >= 4 is 33.1 Å². The van der Waals surface area contributed by atoms with Gasteiger partial charge >= 0.3 is 0 Å². The highest BCUT2D eigenvalue weighted by molar-refractivity contribution is 7.14. The van der Waals surface area contributed by atoms with Crippen LogP contribution in [0.5, 0.6) is 0 Å². The fourth-order valence-electron chi connectivity index (χ4n) is 6.96. The number of nitrogens with one attached hydrogen (secondary N) is 1. The van der Waals surface area contributed by atoms with Crippen molar-refractivity contribution in [1.29, 1.82) is 0 Å². The van der Waals surface area contributed by atoms with E-state index in [0.717, 1.165) is 36.9 Å². The molecule has 1 heterocycles. The Bertz CT molecular complexity index is 1630. The van der Waals surface area contributed by atoms with Crippen LogP contribution >= 0.6 is 11.3 Å². The van der Waals surface area contributed by atoms with Crippen molar-refractivity contribution in [2.75, 3.05) is 5.32 Å². The van der Waals surface area contributed by atoms with Gasteiger partial charge in [0.2, 0.25) is 5.91 Å². The summed E-state index contributed by atoms with van der Waals surface area (Å²) < 4.78 is 0. The Kier molecular flexibility index (Phi) is 5.23. The summed E-state index contributed by atoms with van der Waals surface area (Å²) in [6.07, 6.45) is 8.66. The number of nitrogens with zero attached hydrogens (tertiary/aromatic N) is 1. The van der Waals surface area contributed by atoms with Gasteiger partial charge in [-0.2, -0.15) is 0 Å². The van der Waals surface area contributed by atoms with Crippen LogP contribution in [0.4, 0.5) is 5.13 Å². The van der Waals surface area contributed by atoms with Crippen LogP contribution in [0, 0.1) is 5.41 Å². The molecule has 4 aliphatic carbocycles. The smallest absolute Gasteiger partial charge is 0.233 e. The van der Waals surface area contributed by atoms with E-state index in [0.29, 0.717) is 11.0 Å². The highest BCUT2D eigenvalue weighted by atomic mass is 32.1. The third-order valence-electron chi connectivity index (χ3n) is 8.80. The summed E-state index contributed by atoms with van der Waals surface area (Å²) in [6, 6.07) is 21.8. The molecule has 4 heteroatoms. The van der Waals surface area contributed by atoms with Gasteiger partial charge in [0.05, 0.1) is 11.1 Å². The molecule has 1 N–H and O–H groups in total. The zero-order valence-corrected chi connectivity index (χ0v) is 22.1. The molecule has 2 bridgehead atoms. The first kappa shape index (κ1) is 22.7. The van der Waals surface area contributed by atoms with Gasteiger partial charge in [0.15, 0.2) is 5.13 Å². The Hall–Kier alpha value is -3.50. The van der Waals surface area contributed by atoms with Gasteiger partial charge in [0.25, 0.3) is 0 Å². The van der Waals surface area contributed by atoms with Gasteiger partial charge in [-0.05, 0) is 65.6 Å². The summed E-state index contributed by atoms with van der Waals surface area (Å²) in [5.41, 5.74) is 8.51. The maximum absolute atomic E-state index is 14.0. The van der Waals surface area contributed by atoms with Gasteiger partial charge in [-0.25, -0.2) is 4.98 Å².